The number of rotatable bonds is 4. The molecule has 0 bridgehead atoms. The van der Waals surface area contributed by atoms with Gasteiger partial charge in [0.25, 0.3) is 17.7 Å². The molecule has 0 unspecified atom stereocenters. The molecule has 2 aliphatic rings. The van der Waals surface area contributed by atoms with Crippen molar-refractivity contribution in [1.82, 2.24) is 4.90 Å². The quantitative estimate of drug-likeness (QED) is 0.590. The first-order valence-electron chi connectivity index (χ1n) is 10.4. The summed E-state index contributed by atoms with van der Waals surface area (Å²) in [6.45, 7) is 0.455. The zero-order chi connectivity index (χ0) is 23.1. The van der Waals surface area contributed by atoms with Gasteiger partial charge in [-0.15, -0.1) is 0 Å². The molecule has 33 heavy (non-hydrogen) atoms. The number of amides is 4. The molecule has 5 rings (SSSR count). The molecule has 8 nitrogen and oxygen atoms in total. The van der Waals surface area contributed by atoms with Crippen LogP contribution in [0.5, 0.6) is 0 Å². The van der Waals surface area contributed by atoms with Crippen LogP contribution in [0.4, 0.5) is 11.4 Å². The molecule has 4 amide bonds. The number of imide groups is 1. The summed E-state index contributed by atoms with van der Waals surface area (Å²) in [7, 11) is 0. The van der Waals surface area contributed by atoms with Crippen molar-refractivity contribution in [3.8, 4) is 0 Å². The Bertz CT molecular complexity index is 1250. The van der Waals surface area contributed by atoms with Crippen LogP contribution < -0.4 is 10.2 Å². The highest BCUT2D eigenvalue weighted by atomic mass is 35.5. The molecule has 1 N–H and O–H groups in total. The lowest BCUT2D eigenvalue weighted by atomic mass is 10.1. The van der Waals surface area contributed by atoms with E-state index in [-0.39, 0.29) is 28.3 Å². The Kier molecular flexibility index (Phi) is 5.22. The molecule has 1 aromatic heterocycles. The molecular formula is C24H18ClN3O5. The Balaban J connectivity index is 1.33. The van der Waals surface area contributed by atoms with Crippen molar-refractivity contribution in [2.45, 2.75) is 18.9 Å². The second-order valence-corrected chi connectivity index (χ2v) is 8.19. The van der Waals surface area contributed by atoms with Crippen molar-refractivity contribution in [2.75, 3.05) is 16.8 Å². The fraction of sp³-hybridized carbons (Fsp3) is 0.167. The Hall–Kier alpha value is -3.91. The maximum atomic E-state index is 12.9. The average molecular weight is 464 g/mol. The van der Waals surface area contributed by atoms with E-state index in [0.29, 0.717) is 36.2 Å². The summed E-state index contributed by atoms with van der Waals surface area (Å²) in [4.78, 5) is 53.5. The van der Waals surface area contributed by atoms with Crippen LogP contribution in [0.25, 0.3) is 0 Å². The number of furan rings is 1. The van der Waals surface area contributed by atoms with Gasteiger partial charge in [0.15, 0.2) is 5.76 Å². The molecule has 1 saturated heterocycles. The molecule has 3 heterocycles. The topological polar surface area (TPSA) is 99.9 Å². The molecule has 1 fully saturated rings. The number of likely N-dealkylation sites (tertiary alicyclic amines) is 1. The molecule has 1 atom stereocenters. The van der Waals surface area contributed by atoms with Gasteiger partial charge < -0.3 is 14.6 Å². The van der Waals surface area contributed by atoms with Crippen molar-refractivity contribution < 1.29 is 23.6 Å². The van der Waals surface area contributed by atoms with Crippen molar-refractivity contribution in [2.24, 2.45) is 0 Å². The van der Waals surface area contributed by atoms with Gasteiger partial charge >= 0.3 is 0 Å². The third-order valence-corrected chi connectivity index (χ3v) is 6.10. The largest absolute Gasteiger partial charge is 0.459 e. The number of halogens is 1. The van der Waals surface area contributed by atoms with Gasteiger partial charge in [-0.05, 0) is 55.3 Å². The van der Waals surface area contributed by atoms with E-state index in [0.717, 1.165) is 4.90 Å². The Labute approximate surface area is 193 Å². The second-order valence-electron chi connectivity index (χ2n) is 7.78. The maximum absolute atomic E-state index is 12.9. The van der Waals surface area contributed by atoms with Crippen LogP contribution in [0.3, 0.4) is 0 Å². The number of carbonyl (C=O) groups excluding carboxylic acids is 4. The molecule has 2 aromatic carbocycles. The van der Waals surface area contributed by atoms with Crippen LogP contribution in [0.1, 0.15) is 44.1 Å². The lowest BCUT2D eigenvalue weighted by Crippen LogP contribution is -2.43. The number of carbonyl (C=O) groups is 4. The monoisotopic (exact) mass is 463 g/mol. The van der Waals surface area contributed by atoms with Crippen molar-refractivity contribution in [1.29, 1.82) is 0 Å². The molecule has 0 radical (unpaired) electrons. The average Bonchev–Trinajstić information content (AvgIpc) is 3.56. The van der Waals surface area contributed by atoms with Gasteiger partial charge in [-0.1, -0.05) is 23.7 Å². The molecule has 166 valence electrons. The first-order valence-corrected chi connectivity index (χ1v) is 10.8. The zero-order valence-corrected chi connectivity index (χ0v) is 18.0. The summed E-state index contributed by atoms with van der Waals surface area (Å²) in [5, 5.41) is 2.91. The second kappa shape index (κ2) is 8.22. The molecule has 0 spiro atoms. The Morgan fingerprint density at radius 1 is 1.00 bits per heavy atom. The molecule has 9 heteroatoms. The summed E-state index contributed by atoms with van der Waals surface area (Å²) in [5.41, 5.74) is 1.26. The number of hydrogen-bond donors (Lipinski definition) is 1. The van der Waals surface area contributed by atoms with Gasteiger partial charge in [-0.2, -0.15) is 0 Å². The van der Waals surface area contributed by atoms with Gasteiger partial charge in [0.05, 0.1) is 28.1 Å². The van der Waals surface area contributed by atoms with Crippen LogP contribution in [0.2, 0.25) is 5.02 Å². The lowest BCUT2D eigenvalue weighted by Gasteiger charge is -2.23. The summed E-state index contributed by atoms with van der Waals surface area (Å²) in [5.74, 6) is -1.41. The molecular weight excluding hydrogens is 446 g/mol. The highest BCUT2D eigenvalue weighted by Gasteiger charge is 2.38. The van der Waals surface area contributed by atoms with Crippen LogP contribution in [-0.2, 0) is 4.79 Å². The van der Waals surface area contributed by atoms with Crippen molar-refractivity contribution in [3.05, 3.63) is 82.8 Å². The minimum Gasteiger partial charge on any atom is -0.459 e. The fourth-order valence-corrected chi connectivity index (χ4v) is 4.49. The summed E-state index contributed by atoms with van der Waals surface area (Å²) >= 11 is 6.40. The van der Waals surface area contributed by atoms with Crippen molar-refractivity contribution >= 4 is 46.6 Å². The number of benzene rings is 2. The number of hydrogen-bond acceptors (Lipinski definition) is 5. The van der Waals surface area contributed by atoms with Crippen molar-refractivity contribution in [3.63, 3.8) is 0 Å². The summed E-state index contributed by atoms with van der Waals surface area (Å²) < 4.78 is 5.17. The third-order valence-electron chi connectivity index (χ3n) is 5.80. The van der Waals surface area contributed by atoms with Gasteiger partial charge in [0, 0.05) is 12.2 Å². The summed E-state index contributed by atoms with van der Waals surface area (Å²) in [6, 6.07) is 13.7. The molecule has 3 aromatic rings. The maximum Gasteiger partial charge on any atom is 0.290 e. The van der Waals surface area contributed by atoms with E-state index in [1.807, 2.05) is 0 Å². The van der Waals surface area contributed by atoms with E-state index < -0.39 is 17.9 Å². The van der Waals surface area contributed by atoms with Crippen LogP contribution in [0.15, 0.2) is 65.3 Å². The Morgan fingerprint density at radius 2 is 1.73 bits per heavy atom. The molecule has 0 saturated carbocycles. The van der Waals surface area contributed by atoms with E-state index in [2.05, 4.69) is 5.32 Å². The standard InChI is InChI=1S/C24H18ClN3O5/c25-17-13-14(9-10-18(17)28-22(30)15-5-1-2-6-16(15)23(28)31)26-21(29)19-7-3-11-27(19)24(32)20-8-4-12-33-20/h1-2,4-6,8-10,12-13,19H,3,7,11H2,(H,26,29)/t19-/m0/s1. The zero-order valence-electron chi connectivity index (χ0n) is 17.3. The Morgan fingerprint density at radius 3 is 2.36 bits per heavy atom. The van der Waals surface area contributed by atoms with E-state index in [4.69, 9.17) is 16.0 Å². The lowest BCUT2D eigenvalue weighted by molar-refractivity contribution is -0.119. The van der Waals surface area contributed by atoms with E-state index in [1.165, 1.54) is 23.3 Å². The van der Waals surface area contributed by atoms with Gasteiger partial charge in [0.1, 0.15) is 6.04 Å². The van der Waals surface area contributed by atoms with Crippen LogP contribution >= 0.6 is 11.6 Å². The number of nitrogens with zero attached hydrogens (tertiary/aromatic N) is 2. The van der Waals surface area contributed by atoms with Gasteiger partial charge in [0.2, 0.25) is 5.91 Å². The van der Waals surface area contributed by atoms with Crippen LogP contribution in [0, 0.1) is 0 Å². The first kappa shape index (κ1) is 21.0. The predicted molar refractivity (Wildman–Crippen MR) is 120 cm³/mol. The fourth-order valence-electron chi connectivity index (χ4n) is 4.22. The summed E-state index contributed by atoms with van der Waals surface area (Å²) in [6.07, 6.45) is 2.64. The molecule has 2 aliphatic heterocycles. The SMILES string of the molecule is O=C(Nc1ccc(N2C(=O)c3ccccc3C2=O)c(Cl)c1)[C@@H]1CCCN1C(=O)c1ccco1. The van der Waals surface area contributed by atoms with E-state index in [1.54, 1.807) is 42.5 Å². The van der Waals surface area contributed by atoms with E-state index >= 15 is 0 Å². The van der Waals surface area contributed by atoms with E-state index in [9.17, 15) is 19.2 Å². The normalized spacial score (nSPS) is 17.4. The number of fused-ring (bicyclic) bond motifs is 1. The molecule has 0 aliphatic carbocycles. The predicted octanol–water partition coefficient (Wildman–Crippen LogP) is 3.98. The van der Waals surface area contributed by atoms with Gasteiger partial charge in [-0.3, -0.25) is 19.2 Å². The minimum absolute atomic E-state index is 0.136. The smallest absolute Gasteiger partial charge is 0.290 e. The number of nitrogens with one attached hydrogen (secondary N) is 1. The van der Waals surface area contributed by atoms with Gasteiger partial charge in [-0.25, -0.2) is 4.90 Å². The first-order chi connectivity index (χ1) is 16.0. The third kappa shape index (κ3) is 3.58. The van der Waals surface area contributed by atoms with Crippen LogP contribution in [-0.4, -0.2) is 41.1 Å². The number of anilines is 2. The minimum atomic E-state index is -0.641. The highest BCUT2D eigenvalue weighted by Crippen LogP contribution is 2.35. The highest BCUT2D eigenvalue weighted by molar-refractivity contribution is 6.40.